The van der Waals surface area contributed by atoms with Gasteiger partial charge in [0.15, 0.2) is 5.82 Å². The van der Waals surface area contributed by atoms with Crippen LogP contribution in [0.25, 0.3) is 22.2 Å². The number of carbonyl (C=O) groups excluding carboxylic acids is 4. The highest BCUT2D eigenvalue weighted by atomic mass is 32.2. The zero-order chi connectivity index (χ0) is 43.0. The van der Waals surface area contributed by atoms with Gasteiger partial charge in [-0.1, -0.05) is 19.1 Å². The summed E-state index contributed by atoms with van der Waals surface area (Å²) in [6, 6.07) is 11.0. The van der Waals surface area contributed by atoms with Crippen LogP contribution in [0.4, 0.5) is 26.1 Å². The largest absolute Gasteiger partial charge is 0.374 e. The van der Waals surface area contributed by atoms with Crippen molar-refractivity contribution < 1.29 is 36.4 Å². The van der Waals surface area contributed by atoms with Crippen molar-refractivity contribution in [3.8, 4) is 11.1 Å². The molecule has 0 saturated carbocycles. The lowest BCUT2D eigenvalue weighted by molar-refractivity contribution is -0.136. The zero-order valence-corrected chi connectivity index (χ0v) is 34.3. The highest BCUT2D eigenvalue weighted by Gasteiger charge is 2.35. The second-order valence-electron chi connectivity index (χ2n) is 15.5. The fraction of sp³-hybridized carbons (Fsp3) is 0.357. The lowest BCUT2D eigenvalue weighted by Crippen LogP contribution is -2.47. The van der Waals surface area contributed by atoms with Gasteiger partial charge in [-0.25, -0.2) is 23.7 Å². The second kappa shape index (κ2) is 17.0. The molecule has 3 aliphatic rings. The molecule has 0 bridgehead atoms. The molecule has 0 aliphatic carbocycles. The molecule has 2 atom stereocenters. The Hall–Kier alpha value is -6.34. The monoisotopic (exact) mass is 854 g/mol. The number of ketones is 1. The zero-order valence-electron chi connectivity index (χ0n) is 33.5. The molecular weight excluding hydrogens is 811 g/mol. The maximum atomic E-state index is 15.6. The number of rotatable bonds is 12. The highest BCUT2D eigenvalue weighted by Crippen LogP contribution is 2.33. The molecule has 0 spiro atoms. The number of piperidine rings is 2. The fourth-order valence-electron chi connectivity index (χ4n) is 8.06. The molecule has 5 aromatic rings. The fourth-order valence-corrected chi connectivity index (χ4v) is 8.99. The first-order chi connectivity index (χ1) is 29.3. The number of anilines is 3. The van der Waals surface area contributed by atoms with Crippen LogP contribution in [0, 0.1) is 17.6 Å². The SMILES string of the molecule is CCN(C)S(=O)(=O)Nc1ccc(F)c(C(=O)c2c[nH]c3ncc(-c4cnc(N5CC[C@@H](C(=O)N6CCC(c7ccc(NC8CCC(=O)NC8=O)cc7)CC6)C5)nc4)cc23)c1F. The first-order valence-corrected chi connectivity index (χ1v) is 21.5. The standard InChI is InChI=1S/C42H44F2N10O6S/c1-3-52(2)61(59,60)51-33-9-8-32(43)36(37(33)44)38(56)31-22-46-39-30(31)18-27(19-45-39)28-20-47-42(48-21-28)54-17-14-26(23-54)41(58)53-15-12-25(13-16-53)24-4-6-29(7-5-24)49-34-10-11-35(55)50-40(34)57/h4-9,18-22,25-26,34,49,51H,3,10-17,23H2,1-2H3,(H,45,46)(H,50,55,57)/t26-,34?/m1/s1. The van der Waals surface area contributed by atoms with E-state index in [1.807, 2.05) is 21.9 Å². The molecule has 0 radical (unpaired) electrons. The summed E-state index contributed by atoms with van der Waals surface area (Å²) >= 11 is 0. The number of imide groups is 1. The Morgan fingerprint density at radius 1 is 0.934 bits per heavy atom. The molecule has 16 nitrogen and oxygen atoms in total. The van der Waals surface area contributed by atoms with Gasteiger partial charge in [-0.2, -0.15) is 12.7 Å². The van der Waals surface area contributed by atoms with Crippen molar-refractivity contribution in [2.75, 3.05) is 54.7 Å². The van der Waals surface area contributed by atoms with Crippen molar-refractivity contribution >= 4 is 62.1 Å². The lowest BCUT2D eigenvalue weighted by atomic mass is 9.88. The lowest BCUT2D eigenvalue weighted by Gasteiger charge is -2.34. The number of carbonyl (C=O) groups is 4. The average molecular weight is 855 g/mol. The van der Waals surface area contributed by atoms with Crippen LogP contribution in [-0.4, -0.2) is 107 Å². The number of nitrogens with zero attached hydrogens (tertiary/aromatic N) is 6. The summed E-state index contributed by atoms with van der Waals surface area (Å²) in [6.45, 7) is 4.09. The van der Waals surface area contributed by atoms with Crippen molar-refractivity contribution in [2.24, 2.45) is 5.92 Å². The van der Waals surface area contributed by atoms with Gasteiger partial charge in [0, 0.05) is 98.7 Å². The van der Waals surface area contributed by atoms with E-state index in [1.54, 1.807) is 31.6 Å². The van der Waals surface area contributed by atoms with Crippen LogP contribution in [0.2, 0.25) is 0 Å². The second-order valence-corrected chi connectivity index (χ2v) is 17.3. The van der Waals surface area contributed by atoms with Gasteiger partial charge in [0.05, 0.1) is 17.2 Å². The van der Waals surface area contributed by atoms with E-state index < -0.39 is 44.9 Å². The third-order valence-electron chi connectivity index (χ3n) is 11.7. The van der Waals surface area contributed by atoms with Crippen LogP contribution in [0.1, 0.15) is 66.4 Å². The number of aromatic amines is 1. The Balaban J connectivity index is 0.877. The Kier molecular flexibility index (Phi) is 11.5. The molecule has 4 N–H and O–H groups in total. The molecule has 3 fully saturated rings. The van der Waals surface area contributed by atoms with Crippen LogP contribution in [-0.2, 0) is 24.6 Å². The van der Waals surface area contributed by atoms with Gasteiger partial charge in [0.1, 0.15) is 17.5 Å². The van der Waals surface area contributed by atoms with E-state index in [1.165, 1.54) is 18.8 Å². The van der Waals surface area contributed by atoms with Gasteiger partial charge in [0.2, 0.25) is 29.5 Å². The van der Waals surface area contributed by atoms with E-state index in [0.717, 1.165) is 35.0 Å². The number of likely N-dealkylation sites (tertiary alicyclic amines) is 1. The smallest absolute Gasteiger partial charge is 0.301 e. The van der Waals surface area contributed by atoms with Crippen LogP contribution in [0.3, 0.4) is 0 Å². The summed E-state index contributed by atoms with van der Waals surface area (Å²) in [5.41, 5.74) is 1.84. The number of fused-ring (bicyclic) bond motifs is 1. The number of H-pyrrole nitrogens is 1. The number of pyridine rings is 1. The van der Waals surface area contributed by atoms with E-state index in [4.69, 9.17) is 0 Å². The highest BCUT2D eigenvalue weighted by molar-refractivity contribution is 7.90. The molecule has 3 aromatic heterocycles. The molecule has 1 unspecified atom stereocenters. The predicted molar refractivity (Wildman–Crippen MR) is 223 cm³/mol. The van der Waals surface area contributed by atoms with Crippen LogP contribution < -0.4 is 20.3 Å². The van der Waals surface area contributed by atoms with E-state index in [9.17, 15) is 27.6 Å². The third kappa shape index (κ3) is 8.52. The Labute approximate surface area is 350 Å². The maximum Gasteiger partial charge on any atom is 0.301 e. The van der Waals surface area contributed by atoms with Gasteiger partial charge in [-0.05, 0) is 67.5 Å². The number of hydrogen-bond donors (Lipinski definition) is 4. The minimum absolute atomic E-state index is 0.0717. The van der Waals surface area contributed by atoms with Gasteiger partial charge < -0.3 is 20.1 Å². The molecule has 318 valence electrons. The van der Waals surface area contributed by atoms with Gasteiger partial charge in [-0.3, -0.25) is 29.2 Å². The van der Waals surface area contributed by atoms with Gasteiger partial charge in [0.25, 0.3) is 0 Å². The Bertz CT molecular complexity index is 2620. The van der Waals surface area contributed by atoms with Crippen molar-refractivity contribution in [1.82, 2.24) is 34.5 Å². The number of hydrogen-bond acceptors (Lipinski definition) is 11. The number of benzene rings is 2. The van der Waals surface area contributed by atoms with Crippen molar-refractivity contribution in [3.63, 3.8) is 0 Å². The summed E-state index contributed by atoms with van der Waals surface area (Å²) in [6.07, 6.45) is 9.19. The summed E-state index contributed by atoms with van der Waals surface area (Å²) in [7, 11) is -2.86. The van der Waals surface area contributed by atoms with E-state index in [0.29, 0.717) is 74.1 Å². The van der Waals surface area contributed by atoms with E-state index in [2.05, 4.69) is 47.4 Å². The van der Waals surface area contributed by atoms with E-state index >= 15 is 8.78 Å². The van der Waals surface area contributed by atoms with Gasteiger partial charge in [-0.15, -0.1) is 0 Å². The molecule has 3 aliphatic heterocycles. The normalized spacial score (nSPS) is 18.8. The molecule has 6 heterocycles. The number of halogens is 2. The molecule has 2 aromatic carbocycles. The number of amides is 3. The third-order valence-corrected chi connectivity index (χ3v) is 13.3. The molecular formula is C42H44F2N10O6S. The quantitative estimate of drug-likeness (QED) is 0.101. The topological polar surface area (TPSA) is 203 Å². The van der Waals surface area contributed by atoms with Crippen LogP contribution in [0.5, 0.6) is 0 Å². The molecule has 3 saturated heterocycles. The van der Waals surface area contributed by atoms with Crippen molar-refractivity contribution in [1.29, 1.82) is 0 Å². The molecule has 3 amide bonds. The van der Waals surface area contributed by atoms with Crippen molar-refractivity contribution in [3.05, 3.63) is 95.6 Å². The minimum Gasteiger partial charge on any atom is -0.374 e. The first kappa shape index (κ1) is 41.4. The summed E-state index contributed by atoms with van der Waals surface area (Å²) in [4.78, 5) is 71.2. The first-order valence-electron chi connectivity index (χ1n) is 20.1. The number of nitrogens with one attached hydrogen (secondary N) is 4. The molecule has 61 heavy (non-hydrogen) atoms. The Morgan fingerprint density at radius 3 is 2.36 bits per heavy atom. The van der Waals surface area contributed by atoms with Crippen molar-refractivity contribution in [2.45, 2.75) is 51.0 Å². The molecule has 8 rings (SSSR count). The Morgan fingerprint density at radius 2 is 1.66 bits per heavy atom. The molecule has 19 heteroatoms. The average Bonchev–Trinajstić information content (AvgIpc) is 3.94. The summed E-state index contributed by atoms with van der Waals surface area (Å²) < 4.78 is 58.7. The van der Waals surface area contributed by atoms with Gasteiger partial charge >= 0.3 is 10.2 Å². The van der Waals surface area contributed by atoms with Crippen LogP contribution >= 0.6 is 0 Å². The summed E-state index contributed by atoms with van der Waals surface area (Å²) in [5.74, 6) is -3.37. The van der Waals surface area contributed by atoms with Crippen LogP contribution in [0.15, 0.2) is 67.3 Å². The maximum absolute atomic E-state index is 15.6. The summed E-state index contributed by atoms with van der Waals surface area (Å²) in [5, 5.41) is 5.86. The van der Waals surface area contributed by atoms with E-state index in [-0.39, 0.29) is 41.1 Å². The minimum atomic E-state index is -4.15. The number of aromatic nitrogens is 4. The predicted octanol–water partition coefficient (Wildman–Crippen LogP) is 4.59.